The molecule has 0 aromatic carbocycles. The first kappa shape index (κ1) is 18.3. The van der Waals surface area contributed by atoms with E-state index in [9.17, 15) is 13.2 Å². The fourth-order valence-electron chi connectivity index (χ4n) is 1.89. The van der Waals surface area contributed by atoms with Crippen molar-refractivity contribution in [2.24, 2.45) is 0 Å². The van der Waals surface area contributed by atoms with Crippen molar-refractivity contribution in [3.05, 3.63) is 28.3 Å². The molecule has 1 atom stereocenters. The van der Waals surface area contributed by atoms with E-state index in [1.54, 1.807) is 6.07 Å². The third-order valence-electron chi connectivity index (χ3n) is 3.10. The van der Waals surface area contributed by atoms with E-state index in [1.165, 1.54) is 10.9 Å². The van der Waals surface area contributed by atoms with E-state index in [2.05, 4.69) is 9.94 Å². The number of halogens is 4. The van der Waals surface area contributed by atoms with E-state index >= 15 is 0 Å². The number of nitriles is 1. The number of aromatic nitrogens is 2. The maximum Gasteiger partial charge on any atom is 0.389 e. The van der Waals surface area contributed by atoms with Crippen LogP contribution in [0.1, 0.15) is 39.3 Å². The van der Waals surface area contributed by atoms with Crippen molar-refractivity contribution >= 4 is 11.6 Å². The highest BCUT2D eigenvalue weighted by atomic mass is 35.5. The molecule has 0 radical (unpaired) electrons. The fraction of sp³-hybridized carbons (Fsp3) is 0.643. The van der Waals surface area contributed by atoms with Crippen LogP contribution in [-0.2, 0) is 12.0 Å². The van der Waals surface area contributed by atoms with Crippen molar-refractivity contribution in [1.82, 2.24) is 9.78 Å². The van der Waals surface area contributed by atoms with Gasteiger partial charge in [-0.15, -0.1) is 0 Å². The molecule has 0 aliphatic carbocycles. The van der Waals surface area contributed by atoms with Crippen LogP contribution in [0.25, 0.3) is 4.85 Å². The van der Waals surface area contributed by atoms with E-state index in [0.717, 1.165) is 0 Å². The van der Waals surface area contributed by atoms with Crippen LogP contribution in [0.5, 0.6) is 0 Å². The molecule has 0 aliphatic heterocycles. The molecule has 1 aromatic rings. The molecule has 0 spiro atoms. The van der Waals surface area contributed by atoms with Gasteiger partial charge in [-0.1, -0.05) is 32.4 Å². The third kappa shape index (κ3) is 4.64. The first-order valence-electron chi connectivity index (χ1n) is 6.52. The predicted octanol–water partition coefficient (Wildman–Crippen LogP) is 4.36. The van der Waals surface area contributed by atoms with Gasteiger partial charge < -0.3 is 0 Å². The van der Waals surface area contributed by atoms with Gasteiger partial charge in [-0.25, -0.2) is 6.57 Å². The Bertz CT molecular complexity index is 600. The zero-order valence-electron chi connectivity index (χ0n) is 12.5. The lowest BCUT2D eigenvalue weighted by atomic mass is 9.93. The van der Waals surface area contributed by atoms with Crippen molar-refractivity contribution in [2.45, 2.75) is 57.3 Å². The Balaban J connectivity index is 3.03. The highest BCUT2D eigenvalue weighted by molar-refractivity contribution is 6.31. The van der Waals surface area contributed by atoms with E-state index in [0.29, 0.717) is 10.7 Å². The minimum atomic E-state index is -4.41. The van der Waals surface area contributed by atoms with Gasteiger partial charge in [0.2, 0.25) is 0 Å². The lowest BCUT2D eigenvalue weighted by Crippen LogP contribution is -2.31. The molecule has 0 bridgehead atoms. The van der Waals surface area contributed by atoms with Gasteiger partial charge in [-0.05, 0) is 0 Å². The number of hydrogen-bond acceptors (Lipinski definition) is 2. The molecule has 0 saturated heterocycles. The number of nitrogens with zero attached hydrogens (tertiary/aromatic N) is 4. The number of alkyl halides is 3. The van der Waals surface area contributed by atoms with Gasteiger partial charge in [0.25, 0.3) is 0 Å². The zero-order chi connectivity index (χ0) is 17.2. The van der Waals surface area contributed by atoms with Gasteiger partial charge in [0.15, 0.2) is 6.07 Å². The van der Waals surface area contributed by atoms with E-state index in [-0.39, 0.29) is 12.0 Å². The second-order valence-electron chi connectivity index (χ2n) is 6.14. The molecule has 1 aromatic heterocycles. The fourth-order valence-corrected chi connectivity index (χ4v) is 2.32. The monoisotopic (exact) mass is 332 g/mol. The zero-order valence-corrected chi connectivity index (χ0v) is 13.3. The minimum absolute atomic E-state index is 0.251. The second-order valence-corrected chi connectivity index (χ2v) is 6.55. The molecular formula is C14H16ClF3N4. The van der Waals surface area contributed by atoms with Crippen LogP contribution in [-0.4, -0.2) is 21.5 Å². The summed E-state index contributed by atoms with van der Waals surface area (Å²) in [5.41, 5.74) is -1.58. The van der Waals surface area contributed by atoms with Crippen LogP contribution in [0.2, 0.25) is 5.02 Å². The van der Waals surface area contributed by atoms with Crippen LogP contribution in [0.4, 0.5) is 13.2 Å². The summed E-state index contributed by atoms with van der Waals surface area (Å²) in [5, 5.41) is 13.7. The molecule has 0 fully saturated rings. The second kappa shape index (κ2) is 6.18. The lowest BCUT2D eigenvalue weighted by molar-refractivity contribution is -0.137. The molecule has 0 saturated carbocycles. The molecule has 4 nitrogen and oxygen atoms in total. The quantitative estimate of drug-likeness (QED) is 0.769. The summed E-state index contributed by atoms with van der Waals surface area (Å²) in [6, 6.07) is 1.70. The van der Waals surface area contributed by atoms with Crippen molar-refractivity contribution in [3.63, 3.8) is 0 Å². The van der Waals surface area contributed by atoms with E-state index in [1.807, 2.05) is 20.8 Å². The molecule has 120 valence electrons. The third-order valence-corrected chi connectivity index (χ3v) is 3.37. The van der Waals surface area contributed by atoms with Crippen molar-refractivity contribution in [2.75, 3.05) is 0 Å². The molecule has 0 amide bonds. The van der Waals surface area contributed by atoms with Crippen molar-refractivity contribution in [1.29, 1.82) is 5.26 Å². The first-order chi connectivity index (χ1) is 9.92. The molecule has 22 heavy (non-hydrogen) atoms. The normalized spacial score (nSPS) is 15.0. The van der Waals surface area contributed by atoms with Gasteiger partial charge >= 0.3 is 11.7 Å². The summed E-state index contributed by atoms with van der Waals surface area (Å²) >= 11 is 6.07. The smallest absolute Gasteiger partial charge is 0.292 e. The maximum atomic E-state index is 12.4. The van der Waals surface area contributed by atoms with Crippen molar-refractivity contribution in [3.8, 4) is 6.07 Å². The Morgan fingerprint density at radius 3 is 2.32 bits per heavy atom. The van der Waals surface area contributed by atoms with E-state index in [4.69, 9.17) is 23.4 Å². The summed E-state index contributed by atoms with van der Waals surface area (Å²) in [4.78, 5) is 3.12. The number of rotatable bonds is 4. The molecular weight excluding hydrogens is 317 g/mol. The Labute approximate surface area is 132 Å². The predicted molar refractivity (Wildman–Crippen MR) is 76.2 cm³/mol. The van der Waals surface area contributed by atoms with Crippen LogP contribution in [0, 0.1) is 17.9 Å². The minimum Gasteiger partial charge on any atom is -0.292 e. The standard InChI is InChI=1S/C14H16ClF3N4/c1-12(2,3)11-10(15)7-22(21-11)9-13(8-19,20-4)5-6-14(16,17)18/h7H,5-6,9H2,1-3H3. The molecule has 1 rings (SSSR count). The molecule has 0 N–H and O–H groups in total. The maximum absolute atomic E-state index is 12.4. The Kier molecular flexibility index (Phi) is 5.14. The average Bonchev–Trinajstić information content (AvgIpc) is 2.74. The van der Waals surface area contributed by atoms with Gasteiger partial charge in [-0.2, -0.15) is 23.5 Å². The van der Waals surface area contributed by atoms with Crippen molar-refractivity contribution < 1.29 is 13.2 Å². The Hall–Kier alpha value is -1.73. The Morgan fingerprint density at radius 2 is 1.95 bits per heavy atom. The van der Waals surface area contributed by atoms with Crippen LogP contribution in [0.3, 0.4) is 0 Å². The largest absolute Gasteiger partial charge is 0.389 e. The van der Waals surface area contributed by atoms with Gasteiger partial charge in [0, 0.05) is 11.6 Å². The summed E-state index contributed by atoms with van der Waals surface area (Å²) in [6.45, 7) is 12.5. The molecule has 8 heteroatoms. The highest BCUT2D eigenvalue weighted by Crippen LogP contribution is 2.31. The van der Waals surface area contributed by atoms with Gasteiger partial charge in [-0.3, -0.25) is 9.53 Å². The van der Waals surface area contributed by atoms with Crippen LogP contribution >= 0.6 is 11.6 Å². The molecule has 1 unspecified atom stereocenters. The highest BCUT2D eigenvalue weighted by Gasteiger charge is 2.42. The summed E-state index contributed by atoms with van der Waals surface area (Å²) < 4.78 is 38.4. The SMILES string of the molecule is [C-]#[N+]C(C#N)(CCC(F)(F)F)Cn1cc(Cl)c(C(C)(C)C)n1. The molecule has 1 heterocycles. The summed E-state index contributed by atoms with van der Waals surface area (Å²) in [7, 11) is 0. The van der Waals surface area contributed by atoms with Crippen LogP contribution < -0.4 is 0 Å². The topological polar surface area (TPSA) is 46.0 Å². The van der Waals surface area contributed by atoms with E-state index < -0.39 is 24.6 Å². The van der Waals surface area contributed by atoms with Crippen LogP contribution in [0.15, 0.2) is 6.20 Å². The van der Waals surface area contributed by atoms with Gasteiger partial charge in [0.1, 0.15) is 6.54 Å². The number of hydrogen-bond donors (Lipinski definition) is 0. The first-order valence-corrected chi connectivity index (χ1v) is 6.90. The summed E-state index contributed by atoms with van der Waals surface area (Å²) in [6.07, 6.45) is -4.76. The lowest BCUT2D eigenvalue weighted by Gasteiger charge is -2.17. The summed E-state index contributed by atoms with van der Waals surface area (Å²) in [5.74, 6) is 0. The van der Waals surface area contributed by atoms with Gasteiger partial charge in [0.05, 0.1) is 23.6 Å². The Morgan fingerprint density at radius 1 is 1.36 bits per heavy atom. The average molecular weight is 333 g/mol. The molecule has 0 aliphatic rings.